The molecule has 0 saturated carbocycles. The predicted molar refractivity (Wildman–Crippen MR) is 89.7 cm³/mol. The highest BCUT2D eigenvalue weighted by Crippen LogP contribution is 2.21. The van der Waals surface area contributed by atoms with Crippen molar-refractivity contribution in [1.82, 2.24) is 0 Å². The van der Waals surface area contributed by atoms with Gasteiger partial charge in [-0.3, -0.25) is 4.79 Å². The van der Waals surface area contributed by atoms with Gasteiger partial charge in [-0.25, -0.2) is 0 Å². The van der Waals surface area contributed by atoms with E-state index in [4.69, 9.17) is 0 Å². The second-order valence-electron chi connectivity index (χ2n) is 5.52. The SMILES string of the molecule is O=C(Cc1ccccc1)[C@H](O[N+](=O)[O-])[C@@H](O[N+](=O)[O-])[C@@H](O[N+](=O)[O-])[C@H](CO)O[N+](=O)[O-]. The maximum atomic E-state index is 12.6. The number of benzene rings is 1. The summed E-state index contributed by atoms with van der Waals surface area (Å²) in [6.45, 7) is -1.39. The predicted octanol–water partition coefficient (Wildman–Crippen LogP) is -0.902. The quantitative estimate of drug-likeness (QED) is 0.251. The summed E-state index contributed by atoms with van der Waals surface area (Å²) in [5.41, 5.74) is 0.274. The molecular formula is C13H14N4O14. The number of carbonyl (C=O) groups excluding carboxylic acids is 1. The molecule has 0 fully saturated rings. The second kappa shape index (κ2) is 11.6. The van der Waals surface area contributed by atoms with Crippen LogP contribution in [0.1, 0.15) is 5.56 Å². The first-order chi connectivity index (χ1) is 14.5. The third-order valence-corrected chi connectivity index (χ3v) is 3.54. The molecule has 0 aliphatic carbocycles. The molecule has 0 spiro atoms. The summed E-state index contributed by atoms with van der Waals surface area (Å²) in [5.74, 6) is -1.23. The van der Waals surface area contributed by atoms with Crippen LogP contribution in [0.3, 0.4) is 0 Å². The lowest BCUT2D eigenvalue weighted by Gasteiger charge is -2.31. The molecule has 0 aliphatic rings. The molecule has 1 aromatic carbocycles. The number of Topliss-reactive ketones (excluding diaryl/α,β-unsaturated/α-hetero) is 1. The van der Waals surface area contributed by atoms with Crippen molar-refractivity contribution in [2.75, 3.05) is 6.61 Å². The smallest absolute Gasteiger partial charge is 0.295 e. The highest BCUT2D eigenvalue weighted by Gasteiger charge is 2.46. The first kappa shape index (κ1) is 24.7. The molecule has 18 nitrogen and oxygen atoms in total. The van der Waals surface area contributed by atoms with Crippen molar-refractivity contribution < 1.29 is 49.6 Å². The van der Waals surface area contributed by atoms with E-state index in [2.05, 4.69) is 19.4 Å². The Morgan fingerprint density at radius 3 is 1.74 bits per heavy atom. The summed E-state index contributed by atoms with van der Waals surface area (Å²) >= 11 is 0. The van der Waals surface area contributed by atoms with Gasteiger partial charge in [-0.05, 0) is 5.56 Å². The summed E-state index contributed by atoms with van der Waals surface area (Å²) in [7, 11) is 0. The maximum absolute atomic E-state index is 12.6. The Morgan fingerprint density at radius 2 is 1.29 bits per heavy atom. The van der Waals surface area contributed by atoms with E-state index in [1.807, 2.05) is 0 Å². The third-order valence-electron chi connectivity index (χ3n) is 3.54. The zero-order chi connectivity index (χ0) is 23.6. The average Bonchev–Trinajstić information content (AvgIpc) is 2.67. The van der Waals surface area contributed by atoms with Gasteiger partial charge in [-0.1, -0.05) is 30.3 Å². The van der Waals surface area contributed by atoms with Crippen LogP contribution in [0.15, 0.2) is 30.3 Å². The summed E-state index contributed by atoms with van der Waals surface area (Å²) in [6.07, 6.45) is -10.7. The van der Waals surface area contributed by atoms with E-state index in [0.717, 1.165) is 0 Å². The van der Waals surface area contributed by atoms with Gasteiger partial charge in [0.1, 0.15) is 0 Å². The average molecular weight is 450 g/mol. The van der Waals surface area contributed by atoms with Crippen LogP contribution in [0.5, 0.6) is 0 Å². The van der Waals surface area contributed by atoms with E-state index in [1.54, 1.807) is 6.07 Å². The van der Waals surface area contributed by atoms with Crippen molar-refractivity contribution in [2.45, 2.75) is 30.8 Å². The largest absolute Gasteiger partial charge is 0.394 e. The third kappa shape index (κ3) is 8.27. The Morgan fingerprint density at radius 1 is 0.806 bits per heavy atom. The van der Waals surface area contributed by atoms with Crippen LogP contribution in [0.4, 0.5) is 0 Å². The van der Waals surface area contributed by atoms with E-state index in [-0.39, 0.29) is 5.56 Å². The van der Waals surface area contributed by atoms with E-state index < -0.39 is 63.6 Å². The molecule has 0 radical (unpaired) electrons. The Hall–Kier alpha value is -4.35. The normalized spacial score (nSPS) is 14.2. The zero-order valence-corrected chi connectivity index (χ0v) is 15.2. The Balaban J connectivity index is 3.41. The van der Waals surface area contributed by atoms with E-state index >= 15 is 0 Å². The van der Waals surface area contributed by atoms with Gasteiger partial charge >= 0.3 is 0 Å². The highest BCUT2D eigenvalue weighted by molar-refractivity contribution is 5.85. The van der Waals surface area contributed by atoms with Crippen LogP contribution in [0.25, 0.3) is 0 Å². The maximum Gasteiger partial charge on any atom is 0.295 e. The molecular weight excluding hydrogens is 436 g/mol. The Labute approximate surface area is 170 Å². The van der Waals surface area contributed by atoms with Crippen molar-refractivity contribution in [3.05, 3.63) is 76.4 Å². The van der Waals surface area contributed by atoms with Gasteiger partial charge < -0.3 is 24.5 Å². The number of carbonyl (C=O) groups is 1. The molecule has 170 valence electrons. The minimum Gasteiger partial charge on any atom is -0.394 e. The topological polar surface area (TPSA) is 247 Å². The molecule has 0 saturated heterocycles. The van der Waals surface area contributed by atoms with Gasteiger partial charge in [0.2, 0.25) is 0 Å². The number of rotatable bonds is 15. The summed E-state index contributed by atoms with van der Waals surface area (Å²) < 4.78 is 0. The lowest BCUT2D eigenvalue weighted by Crippen LogP contribution is -2.55. The summed E-state index contributed by atoms with van der Waals surface area (Å²) in [6, 6.07) is 7.42. The summed E-state index contributed by atoms with van der Waals surface area (Å²) in [5, 5.41) is 46.2. The first-order valence-electron chi connectivity index (χ1n) is 7.97. The molecule has 1 rings (SSSR count). The molecule has 1 N–H and O–H groups in total. The fourth-order valence-electron chi connectivity index (χ4n) is 2.43. The van der Waals surface area contributed by atoms with Crippen LogP contribution >= 0.6 is 0 Å². The van der Waals surface area contributed by atoms with Crippen LogP contribution in [0, 0.1) is 40.5 Å². The van der Waals surface area contributed by atoms with E-state index in [1.165, 1.54) is 24.3 Å². The molecule has 0 amide bonds. The second-order valence-corrected chi connectivity index (χ2v) is 5.52. The molecule has 18 heteroatoms. The van der Waals surface area contributed by atoms with Crippen molar-refractivity contribution >= 4 is 5.78 Å². The minimum absolute atomic E-state index is 0.274. The van der Waals surface area contributed by atoms with Crippen molar-refractivity contribution in [3.63, 3.8) is 0 Å². The molecule has 0 unspecified atom stereocenters. The molecule has 4 atom stereocenters. The van der Waals surface area contributed by atoms with Crippen molar-refractivity contribution in [2.24, 2.45) is 0 Å². The van der Waals surface area contributed by atoms with Crippen molar-refractivity contribution in [1.29, 1.82) is 0 Å². The molecule has 0 heterocycles. The number of ketones is 1. The van der Waals surface area contributed by atoms with Crippen LogP contribution in [0.2, 0.25) is 0 Å². The Kier molecular flexibility index (Phi) is 9.24. The first-order valence-corrected chi connectivity index (χ1v) is 7.97. The lowest BCUT2D eigenvalue weighted by atomic mass is 9.96. The van der Waals surface area contributed by atoms with Crippen LogP contribution in [-0.2, 0) is 30.6 Å². The minimum atomic E-state index is -2.63. The molecule has 0 aliphatic heterocycles. The van der Waals surface area contributed by atoms with Gasteiger partial charge in [0.15, 0.2) is 30.2 Å². The lowest BCUT2D eigenvalue weighted by molar-refractivity contribution is -0.825. The number of aliphatic hydroxyl groups excluding tert-OH is 1. The molecule has 0 aromatic heterocycles. The highest BCUT2D eigenvalue weighted by atomic mass is 17.0. The number of hydrogen-bond donors (Lipinski definition) is 1. The molecule has 31 heavy (non-hydrogen) atoms. The number of nitrogens with zero attached hydrogens (tertiary/aromatic N) is 4. The van der Waals surface area contributed by atoms with E-state index in [9.17, 15) is 50.4 Å². The van der Waals surface area contributed by atoms with Crippen molar-refractivity contribution in [3.8, 4) is 0 Å². The molecule has 1 aromatic rings. The van der Waals surface area contributed by atoms with Gasteiger partial charge in [0.25, 0.3) is 20.3 Å². The standard InChI is InChI=1S/C13H14N4O14/c18-7-10(28-14(20)21)12(30-16(24)25)13(31-17(26)27)11(29-15(22)23)9(19)6-8-4-2-1-3-5-8/h1-5,10-13,18H,6-7H2/t10-,11-,12-,13+/m0/s1. The number of aliphatic hydroxyl groups is 1. The Bertz CT molecular complexity index is 805. The van der Waals surface area contributed by atoms with Crippen LogP contribution in [-0.4, -0.2) is 62.3 Å². The van der Waals surface area contributed by atoms with E-state index in [0.29, 0.717) is 0 Å². The summed E-state index contributed by atoms with van der Waals surface area (Å²) in [4.78, 5) is 72.1. The number of hydrogen-bond acceptors (Lipinski definition) is 14. The zero-order valence-electron chi connectivity index (χ0n) is 15.2. The van der Waals surface area contributed by atoms with Crippen LogP contribution < -0.4 is 0 Å². The van der Waals surface area contributed by atoms with Gasteiger partial charge in [-0.2, -0.15) is 0 Å². The van der Waals surface area contributed by atoms with Gasteiger partial charge in [0, 0.05) is 6.42 Å². The fraction of sp³-hybridized carbons (Fsp3) is 0.462. The van der Waals surface area contributed by atoms with Gasteiger partial charge in [-0.15, -0.1) is 40.5 Å². The van der Waals surface area contributed by atoms with Gasteiger partial charge in [0.05, 0.1) is 6.61 Å². The molecule has 0 bridgehead atoms. The monoisotopic (exact) mass is 450 g/mol. The fourth-order valence-corrected chi connectivity index (χ4v) is 2.43.